The van der Waals surface area contributed by atoms with Crippen LogP contribution in [0.1, 0.15) is 29.3 Å². The minimum atomic E-state index is 0.0308. The molecule has 0 fully saturated rings. The number of hydrogen-bond donors (Lipinski definition) is 1. The van der Waals surface area contributed by atoms with Crippen molar-refractivity contribution < 1.29 is 4.79 Å². The molecule has 90 valence electrons. The minimum Gasteiger partial charge on any atom is -0.342 e. The monoisotopic (exact) mass is 230 g/mol. The molecule has 1 amide bonds. The lowest BCUT2D eigenvalue weighted by Gasteiger charge is -2.15. The SMILES string of the molecule is CCCN(C)C(=O)c1cccc(C#CCN)c1. The third-order valence-electron chi connectivity index (χ3n) is 2.35. The zero-order chi connectivity index (χ0) is 12.7. The van der Waals surface area contributed by atoms with Gasteiger partial charge in [0.2, 0.25) is 0 Å². The fraction of sp³-hybridized carbons (Fsp3) is 0.357. The van der Waals surface area contributed by atoms with Gasteiger partial charge in [-0.3, -0.25) is 4.79 Å². The predicted molar refractivity (Wildman–Crippen MR) is 69.6 cm³/mol. The second-order valence-electron chi connectivity index (χ2n) is 3.81. The molecule has 0 aliphatic heterocycles. The molecule has 0 aromatic heterocycles. The second kappa shape index (κ2) is 6.72. The van der Waals surface area contributed by atoms with E-state index in [0.29, 0.717) is 12.1 Å². The summed E-state index contributed by atoms with van der Waals surface area (Å²) in [6, 6.07) is 7.33. The van der Waals surface area contributed by atoms with Crippen LogP contribution in [0.4, 0.5) is 0 Å². The molecule has 0 saturated carbocycles. The van der Waals surface area contributed by atoms with Gasteiger partial charge in [0, 0.05) is 24.7 Å². The molecular weight excluding hydrogens is 212 g/mol. The number of rotatable bonds is 3. The maximum atomic E-state index is 12.0. The number of nitrogens with zero attached hydrogens (tertiary/aromatic N) is 1. The van der Waals surface area contributed by atoms with E-state index >= 15 is 0 Å². The Bertz CT molecular complexity index is 443. The van der Waals surface area contributed by atoms with Crippen molar-refractivity contribution in [1.82, 2.24) is 4.90 Å². The summed E-state index contributed by atoms with van der Waals surface area (Å²) < 4.78 is 0. The zero-order valence-electron chi connectivity index (χ0n) is 10.4. The van der Waals surface area contributed by atoms with Gasteiger partial charge < -0.3 is 10.6 Å². The summed E-state index contributed by atoms with van der Waals surface area (Å²) in [6.45, 7) is 3.14. The lowest BCUT2D eigenvalue weighted by atomic mass is 10.1. The van der Waals surface area contributed by atoms with Crippen molar-refractivity contribution in [2.75, 3.05) is 20.1 Å². The topological polar surface area (TPSA) is 46.3 Å². The van der Waals surface area contributed by atoms with Crippen molar-refractivity contribution >= 4 is 5.91 Å². The number of nitrogens with two attached hydrogens (primary N) is 1. The quantitative estimate of drug-likeness (QED) is 0.799. The maximum absolute atomic E-state index is 12.0. The number of amides is 1. The first-order chi connectivity index (χ1) is 8.19. The Morgan fingerprint density at radius 1 is 1.47 bits per heavy atom. The van der Waals surface area contributed by atoms with E-state index in [9.17, 15) is 4.79 Å². The summed E-state index contributed by atoms with van der Waals surface area (Å²) in [4.78, 5) is 13.7. The van der Waals surface area contributed by atoms with Crippen LogP contribution in [-0.2, 0) is 0 Å². The molecule has 1 rings (SSSR count). The first-order valence-corrected chi connectivity index (χ1v) is 5.73. The van der Waals surface area contributed by atoms with Crippen LogP contribution in [0.25, 0.3) is 0 Å². The highest BCUT2D eigenvalue weighted by atomic mass is 16.2. The molecule has 0 aliphatic carbocycles. The third kappa shape index (κ3) is 3.93. The van der Waals surface area contributed by atoms with Crippen LogP contribution >= 0.6 is 0 Å². The first-order valence-electron chi connectivity index (χ1n) is 5.73. The van der Waals surface area contributed by atoms with Gasteiger partial charge in [-0.15, -0.1) is 0 Å². The Kier molecular flexibility index (Phi) is 5.25. The number of benzene rings is 1. The van der Waals surface area contributed by atoms with Crippen molar-refractivity contribution in [3.8, 4) is 11.8 Å². The normalized spacial score (nSPS) is 9.35. The van der Waals surface area contributed by atoms with E-state index in [2.05, 4.69) is 11.8 Å². The second-order valence-corrected chi connectivity index (χ2v) is 3.81. The van der Waals surface area contributed by atoms with Gasteiger partial charge >= 0.3 is 0 Å². The molecule has 0 atom stereocenters. The van der Waals surface area contributed by atoms with E-state index < -0.39 is 0 Å². The largest absolute Gasteiger partial charge is 0.342 e. The molecule has 3 nitrogen and oxygen atoms in total. The van der Waals surface area contributed by atoms with Crippen LogP contribution in [0.15, 0.2) is 24.3 Å². The minimum absolute atomic E-state index is 0.0308. The molecule has 0 bridgehead atoms. The van der Waals surface area contributed by atoms with Gasteiger partial charge in [0.1, 0.15) is 0 Å². The highest BCUT2D eigenvalue weighted by Gasteiger charge is 2.10. The van der Waals surface area contributed by atoms with Crippen molar-refractivity contribution in [2.24, 2.45) is 5.73 Å². The Balaban J connectivity index is 2.87. The smallest absolute Gasteiger partial charge is 0.253 e. The summed E-state index contributed by atoms with van der Waals surface area (Å²) in [7, 11) is 1.81. The molecule has 0 aliphatic rings. The van der Waals surface area contributed by atoms with Crippen molar-refractivity contribution in [1.29, 1.82) is 0 Å². The molecule has 0 unspecified atom stereocenters. The Hall–Kier alpha value is -1.79. The summed E-state index contributed by atoms with van der Waals surface area (Å²) in [6.07, 6.45) is 0.953. The van der Waals surface area contributed by atoms with Crippen molar-refractivity contribution in [3.63, 3.8) is 0 Å². The van der Waals surface area contributed by atoms with E-state index in [4.69, 9.17) is 5.73 Å². The van der Waals surface area contributed by atoms with Gasteiger partial charge in [-0.1, -0.05) is 24.8 Å². The summed E-state index contributed by atoms with van der Waals surface area (Å²) in [5, 5.41) is 0. The number of carbonyl (C=O) groups is 1. The van der Waals surface area contributed by atoms with Gasteiger partial charge in [0.05, 0.1) is 6.54 Å². The molecule has 3 heteroatoms. The van der Waals surface area contributed by atoms with Gasteiger partial charge in [-0.25, -0.2) is 0 Å². The van der Waals surface area contributed by atoms with Gasteiger partial charge in [-0.05, 0) is 24.6 Å². The van der Waals surface area contributed by atoms with Crippen LogP contribution in [0.2, 0.25) is 0 Å². The molecule has 2 N–H and O–H groups in total. The van der Waals surface area contributed by atoms with Crippen molar-refractivity contribution in [2.45, 2.75) is 13.3 Å². The summed E-state index contributed by atoms with van der Waals surface area (Å²) >= 11 is 0. The fourth-order valence-electron chi connectivity index (χ4n) is 1.54. The Morgan fingerprint density at radius 3 is 2.88 bits per heavy atom. The lowest BCUT2D eigenvalue weighted by molar-refractivity contribution is 0.0795. The van der Waals surface area contributed by atoms with Crippen LogP contribution in [0.3, 0.4) is 0 Å². The standard InChI is InChI=1S/C14H18N2O/c1-3-10-16(2)14(17)13-8-4-6-12(11-13)7-5-9-15/h4,6,8,11H,3,9-10,15H2,1-2H3. The van der Waals surface area contributed by atoms with Gasteiger partial charge in [-0.2, -0.15) is 0 Å². The van der Waals surface area contributed by atoms with E-state index in [1.807, 2.05) is 32.2 Å². The molecule has 0 radical (unpaired) electrons. The van der Waals surface area contributed by atoms with Gasteiger partial charge in [0.15, 0.2) is 0 Å². The molecule has 1 aromatic rings. The van der Waals surface area contributed by atoms with Crippen LogP contribution in [0, 0.1) is 11.8 Å². The average molecular weight is 230 g/mol. The lowest BCUT2D eigenvalue weighted by Crippen LogP contribution is -2.27. The van der Waals surface area contributed by atoms with Crippen LogP contribution in [-0.4, -0.2) is 30.9 Å². The average Bonchev–Trinajstić information content (AvgIpc) is 2.36. The molecule has 17 heavy (non-hydrogen) atoms. The maximum Gasteiger partial charge on any atom is 0.253 e. The van der Waals surface area contributed by atoms with Crippen LogP contribution < -0.4 is 5.73 Å². The number of carbonyl (C=O) groups excluding carboxylic acids is 1. The summed E-state index contributed by atoms with van der Waals surface area (Å²) in [5.74, 6) is 5.73. The van der Waals surface area contributed by atoms with Crippen molar-refractivity contribution in [3.05, 3.63) is 35.4 Å². The predicted octanol–water partition coefficient (Wildman–Crippen LogP) is 1.48. The zero-order valence-corrected chi connectivity index (χ0v) is 10.4. The highest BCUT2D eigenvalue weighted by Crippen LogP contribution is 2.07. The highest BCUT2D eigenvalue weighted by molar-refractivity contribution is 5.94. The Labute approximate surface area is 103 Å². The van der Waals surface area contributed by atoms with E-state index in [1.165, 1.54) is 0 Å². The molecule has 1 aromatic carbocycles. The molecule has 0 heterocycles. The molecule has 0 spiro atoms. The Morgan fingerprint density at radius 2 is 2.24 bits per heavy atom. The van der Waals surface area contributed by atoms with E-state index in [0.717, 1.165) is 18.5 Å². The van der Waals surface area contributed by atoms with Crippen LogP contribution in [0.5, 0.6) is 0 Å². The first kappa shape index (κ1) is 13.3. The fourth-order valence-corrected chi connectivity index (χ4v) is 1.54. The van der Waals surface area contributed by atoms with E-state index in [1.54, 1.807) is 11.0 Å². The van der Waals surface area contributed by atoms with Gasteiger partial charge in [0.25, 0.3) is 5.91 Å². The molecule has 0 saturated heterocycles. The number of hydrogen-bond acceptors (Lipinski definition) is 2. The van der Waals surface area contributed by atoms with E-state index in [-0.39, 0.29) is 5.91 Å². The third-order valence-corrected chi connectivity index (χ3v) is 2.35. The molecular formula is C14H18N2O. The summed E-state index contributed by atoms with van der Waals surface area (Å²) in [5.41, 5.74) is 6.81.